The van der Waals surface area contributed by atoms with Crippen molar-refractivity contribution < 1.29 is 9.13 Å². The monoisotopic (exact) mass is 339 g/mol. The third kappa shape index (κ3) is 2.26. The first kappa shape index (κ1) is 14.7. The summed E-state index contributed by atoms with van der Waals surface area (Å²) in [7, 11) is 1.80. The highest BCUT2D eigenvalue weighted by Crippen LogP contribution is 2.40. The quantitative estimate of drug-likeness (QED) is 0.794. The molecule has 2 fully saturated rings. The Bertz CT molecular complexity index is 957. The van der Waals surface area contributed by atoms with E-state index in [1.807, 2.05) is 12.4 Å². The highest BCUT2D eigenvalue weighted by atomic mass is 19.1. The molecule has 0 amide bonds. The van der Waals surface area contributed by atoms with Crippen LogP contribution in [0.4, 0.5) is 15.8 Å². The molecule has 2 aliphatic heterocycles. The molecule has 1 N–H and O–H groups in total. The molecule has 2 aromatic heterocycles. The number of hydrogen-bond donors (Lipinski definition) is 1. The first-order valence-corrected chi connectivity index (χ1v) is 8.32. The Morgan fingerprint density at radius 1 is 1.24 bits per heavy atom. The van der Waals surface area contributed by atoms with E-state index in [-0.39, 0.29) is 5.82 Å². The lowest BCUT2D eigenvalue weighted by molar-refractivity contribution is -0.127. The number of benzene rings is 1. The van der Waals surface area contributed by atoms with E-state index in [0.29, 0.717) is 16.7 Å². The molecule has 0 aliphatic carbocycles. The standard InChI is InChI=1S/C18H18FN5O/c1-20-13-2-3-15(19)16(5-13)24-7-12-4-14(6-21-17(12)22-24)23-8-18(9-23)10-25-11-18/h2-7,20H,8-11H2,1H3. The zero-order chi connectivity index (χ0) is 17.0. The number of halogens is 1. The summed E-state index contributed by atoms with van der Waals surface area (Å²) in [4.78, 5) is 6.75. The summed E-state index contributed by atoms with van der Waals surface area (Å²) in [6.07, 6.45) is 3.66. The summed E-state index contributed by atoms with van der Waals surface area (Å²) in [6, 6.07) is 6.94. The molecule has 0 saturated carbocycles. The van der Waals surface area contributed by atoms with Gasteiger partial charge in [0.25, 0.3) is 0 Å². The van der Waals surface area contributed by atoms with Gasteiger partial charge in [-0.1, -0.05) is 0 Å². The van der Waals surface area contributed by atoms with Crippen LogP contribution in [-0.4, -0.2) is 48.1 Å². The fraction of sp³-hybridized carbons (Fsp3) is 0.333. The summed E-state index contributed by atoms with van der Waals surface area (Å²) in [5.74, 6) is -0.318. The lowest BCUT2D eigenvalue weighted by Gasteiger charge is -2.55. The number of fused-ring (bicyclic) bond motifs is 1. The maximum Gasteiger partial charge on any atom is 0.181 e. The van der Waals surface area contributed by atoms with Crippen LogP contribution in [0.3, 0.4) is 0 Å². The van der Waals surface area contributed by atoms with Gasteiger partial charge in [0, 0.05) is 37.4 Å². The molecule has 4 heterocycles. The first-order valence-electron chi connectivity index (χ1n) is 8.32. The topological polar surface area (TPSA) is 55.2 Å². The van der Waals surface area contributed by atoms with Crippen molar-refractivity contribution in [3.63, 3.8) is 0 Å². The molecule has 0 atom stereocenters. The Kier molecular flexibility index (Phi) is 3.03. The number of pyridine rings is 1. The van der Waals surface area contributed by atoms with Gasteiger partial charge < -0.3 is 15.0 Å². The van der Waals surface area contributed by atoms with E-state index in [9.17, 15) is 4.39 Å². The maximum atomic E-state index is 14.2. The zero-order valence-corrected chi connectivity index (χ0v) is 13.9. The fourth-order valence-electron chi connectivity index (χ4n) is 3.56. The minimum Gasteiger partial charge on any atom is -0.388 e. The van der Waals surface area contributed by atoms with Crippen molar-refractivity contribution in [3.05, 3.63) is 42.5 Å². The molecule has 3 aromatic rings. The average Bonchev–Trinajstić information content (AvgIpc) is 2.96. The summed E-state index contributed by atoms with van der Waals surface area (Å²) in [6.45, 7) is 3.73. The van der Waals surface area contributed by atoms with Crippen LogP contribution in [0, 0.1) is 11.2 Å². The molecule has 128 valence electrons. The molecule has 0 radical (unpaired) electrons. The second-order valence-electron chi connectivity index (χ2n) is 6.95. The van der Waals surface area contributed by atoms with Gasteiger partial charge in [0.15, 0.2) is 5.65 Å². The fourth-order valence-corrected chi connectivity index (χ4v) is 3.56. The Balaban J connectivity index is 1.48. The number of aromatic nitrogens is 3. The molecule has 2 aliphatic rings. The van der Waals surface area contributed by atoms with E-state index in [1.54, 1.807) is 23.9 Å². The van der Waals surface area contributed by atoms with E-state index in [4.69, 9.17) is 4.74 Å². The molecule has 2 saturated heterocycles. The number of rotatable bonds is 3. The molecule has 7 heteroatoms. The third-order valence-corrected chi connectivity index (χ3v) is 5.06. The van der Waals surface area contributed by atoms with Crippen LogP contribution in [0.2, 0.25) is 0 Å². The molecular formula is C18H18FN5O. The smallest absolute Gasteiger partial charge is 0.181 e. The van der Waals surface area contributed by atoms with Crippen molar-refractivity contribution in [3.8, 4) is 5.69 Å². The first-order chi connectivity index (χ1) is 12.2. The Morgan fingerprint density at radius 3 is 2.80 bits per heavy atom. The van der Waals surface area contributed by atoms with Gasteiger partial charge in [-0.05, 0) is 24.3 Å². The highest BCUT2D eigenvalue weighted by Gasteiger charge is 2.49. The van der Waals surface area contributed by atoms with E-state index < -0.39 is 0 Å². The third-order valence-electron chi connectivity index (χ3n) is 5.06. The molecular weight excluding hydrogens is 321 g/mol. The Hall–Kier alpha value is -2.67. The average molecular weight is 339 g/mol. The van der Waals surface area contributed by atoms with Crippen LogP contribution >= 0.6 is 0 Å². The van der Waals surface area contributed by atoms with Crippen molar-refractivity contribution in [2.24, 2.45) is 5.41 Å². The van der Waals surface area contributed by atoms with Gasteiger partial charge in [0.05, 0.1) is 30.5 Å². The Labute approximate surface area is 144 Å². The van der Waals surface area contributed by atoms with Gasteiger partial charge in [0.1, 0.15) is 11.5 Å². The van der Waals surface area contributed by atoms with Crippen molar-refractivity contribution >= 4 is 22.4 Å². The molecule has 25 heavy (non-hydrogen) atoms. The lowest BCUT2D eigenvalue weighted by atomic mass is 9.78. The maximum absolute atomic E-state index is 14.2. The van der Waals surface area contributed by atoms with Crippen LogP contribution in [-0.2, 0) is 4.74 Å². The number of nitrogens with zero attached hydrogens (tertiary/aromatic N) is 4. The molecule has 1 spiro atoms. The van der Waals surface area contributed by atoms with Crippen LogP contribution in [0.15, 0.2) is 36.7 Å². The van der Waals surface area contributed by atoms with Crippen molar-refractivity contribution in [1.29, 1.82) is 0 Å². The SMILES string of the molecule is CNc1ccc(F)c(-n2cc3cc(N4CC5(COC5)C4)cnc3n2)c1. The van der Waals surface area contributed by atoms with Crippen LogP contribution in [0.1, 0.15) is 0 Å². The summed E-state index contributed by atoms with van der Waals surface area (Å²) < 4.78 is 21.1. The molecule has 6 nitrogen and oxygen atoms in total. The number of nitrogens with one attached hydrogen (secondary N) is 1. The minimum absolute atomic E-state index is 0.318. The minimum atomic E-state index is -0.318. The molecule has 0 unspecified atom stereocenters. The lowest BCUT2D eigenvalue weighted by Crippen LogP contribution is -2.66. The number of hydrogen-bond acceptors (Lipinski definition) is 5. The predicted octanol–water partition coefficient (Wildman–Crippen LogP) is 2.44. The van der Waals surface area contributed by atoms with E-state index in [2.05, 4.69) is 26.4 Å². The van der Waals surface area contributed by atoms with Gasteiger partial charge in [0.2, 0.25) is 0 Å². The van der Waals surface area contributed by atoms with Crippen molar-refractivity contribution in [1.82, 2.24) is 14.8 Å². The predicted molar refractivity (Wildman–Crippen MR) is 93.8 cm³/mol. The highest BCUT2D eigenvalue weighted by molar-refractivity contribution is 5.79. The Morgan fingerprint density at radius 2 is 2.08 bits per heavy atom. The molecule has 5 rings (SSSR count). The van der Waals surface area contributed by atoms with Crippen LogP contribution in [0.5, 0.6) is 0 Å². The van der Waals surface area contributed by atoms with Crippen LogP contribution in [0.25, 0.3) is 16.7 Å². The summed E-state index contributed by atoms with van der Waals surface area (Å²) in [5, 5.41) is 8.33. The largest absolute Gasteiger partial charge is 0.388 e. The number of ether oxygens (including phenoxy) is 1. The molecule has 0 bridgehead atoms. The zero-order valence-electron chi connectivity index (χ0n) is 13.9. The normalized spacial score (nSPS) is 18.2. The van der Waals surface area contributed by atoms with Gasteiger partial charge in [-0.2, -0.15) is 0 Å². The second kappa shape index (κ2) is 5.16. The van der Waals surface area contributed by atoms with E-state index in [1.165, 1.54) is 6.07 Å². The van der Waals surface area contributed by atoms with E-state index in [0.717, 1.165) is 43.1 Å². The van der Waals surface area contributed by atoms with Crippen molar-refractivity contribution in [2.75, 3.05) is 43.6 Å². The second-order valence-corrected chi connectivity index (χ2v) is 6.95. The number of anilines is 2. The van der Waals surface area contributed by atoms with Gasteiger partial charge in [-0.25, -0.2) is 14.1 Å². The summed E-state index contributed by atoms with van der Waals surface area (Å²) >= 11 is 0. The van der Waals surface area contributed by atoms with Gasteiger partial charge in [-0.15, -0.1) is 5.10 Å². The summed E-state index contributed by atoms with van der Waals surface area (Å²) in [5.41, 5.74) is 3.28. The van der Waals surface area contributed by atoms with Gasteiger partial charge >= 0.3 is 0 Å². The van der Waals surface area contributed by atoms with Crippen molar-refractivity contribution in [2.45, 2.75) is 0 Å². The molecule has 1 aromatic carbocycles. The van der Waals surface area contributed by atoms with E-state index >= 15 is 0 Å². The van der Waals surface area contributed by atoms with Crippen LogP contribution < -0.4 is 10.2 Å². The van der Waals surface area contributed by atoms with Gasteiger partial charge in [-0.3, -0.25) is 0 Å².